The summed E-state index contributed by atoms with van der Waals surface area (Å²) in [5, 5.41) is 69.0. The molecule has 0 aromatic heterocycles. The first-order valence-corrected chi connectivity index (χ1v) is 32.1. The third kappa shape index (κ3) is 60.0. The highest BCUT2D eigenvalue weighted by atomic mass is 32.2. The Kier molecular flexibility index (Phi) is 45.0. The van der Waals surface area contributed by atoms with Gasteiger partial charge < -0.3 is 119 Å². The summed E-state index contributed by atoms with van der Waals surface area (Å²) in [4.78, 5) is 143. The zero-order valence-electron chi connectivity index (χ0n) is 61.2. The van der Waals surface area contributed by atoms with Crippen molar-refractivity contribution >= 4 is 101 Å². The van der Waals surface area contributed by atoms with Crippen LogP contribution in [0.3, 0.4) is 0 Å². The number of nitrogen functional groups attached to an aromatic ring is 2. The summed E-state index contributed by atoms with van der Waals surface area (Å²) >= 11 is 1.19. The number of carbonyl (C=O) groups excluding carboxylic acids is 7. The van der Waals surface area contributed by atoms with Crippen LogP contribution >= 0.6 is 11.8 Å². The molecular formula is C64H109N11O25S. The van der Waals surface area contributed by atoms with Crippen molar-refractivity contribution in [1.82, 2.24) is 37.2 Å². The van der Waals surface area contributed by atoms with Crippen LogP contribution in [0.5, 0.6) is 0 Å². The van der Waals surface area contributed by atoms with Crippen molar-refractivity contribution in [3.05, 3.63) is 59.7 Å². The van der Waals surface area contributed by atoms with E-state index in [-0.39, 0.29) is 49.9 Å². The lowest BCUT2D eigenvalue weighted by Gasteiger charge is -2.22. The average Bonchev–Trinajstić information content (AvgIpc) is 0.900. The van der Waals surface area contributed by atoms with Gasteiger partial charge in [-0.15, -0.1) is 11.8 Å². The number of hydrogen-bond acceptors (Lipinski definition) is 24. The highest BCUT2D eigenvalue weighted by molar-refractivity contribution is 7.99. The van der Waals surface area contributed by atoms with Crippen molar-refractivity contribution in [1.29, 1.82) is 0 Å². The summed E-state index contributed by atoms with van der Waals surface area (Å²) in [6.07, 6.45) is -4.03. The lowest BCUT2D eigenvalue weighted by molar-refractivity contribution is -0.140. The molecule has 37 heteroatoms. The van der Waals surface area contributed by atoms with Crippen LogP contribution in [0.1, 0.15) is 156 Å². The standard InChI is InChI=1S/2C14H20N2O4.C11H20N2O5S.C9H18N2O4.C8H16N2O4.C8H15NO4/c2*1-14(2,3)20-13(19)16-11(12(17)18)8-9-4-6-10(15)7-5-9;1-7(14)12-6-19-5-8(9(15)16)13-10(17)18-11(2,3)4;1-9(2,3)15-8(14)11-6(4-5-10)7(12)13;1-8(2,3)14-7(13)10-5(4-9)6(11)12;1-5(6(10)11)9-7(12)13-8(2,3)4/h2*4-7,11H,8,15H2,1-3H3,(H,16,19)(H,17,18);8H,5-6H2,1-4H3,(H,12,14)(H,13,17)(H,15,16);6H,4-5,10H2,1-3H3,(H,11,14)(H,12,13);5H,4,9H2,1-3H3,(H,10,13)(H,11,12);5H,1-4H3,(H,9,12)(H,10,11)/t2*11-;8-;6-;2*5-/m100000/s1. The number of nitrogens with two attached hydrogens (primary N) is 4. The second-order valence-electron chi connectivity index (χ2n) is 27.3. The number of nitrogens with one attached hydrogen (secondary N) is 7. The Morgan fingerprint density at radius 2 is 0.634 bits per heavy atom. The predicted molar refractivity (Wildman–Crippen MR) is 373 cm³/mol. The summed E-state index contributed by atoms with van der Waals surface area (Å²) in [5.41, 5.74) is 20.3. The van der Waals surface area contributed by atoms with Crippen molar-refractivity contribution in [3.63, 3.8) is 0 Å². The van der Waals surface area contributed by atoms with Crippen LogP contribution in [0.15, 0.2) is 48.5 Å². The number of rotatable bonds is 23. The molecule has 2 aromatic rings. The molecule has 6 atom stereocenters. The topological polar surface area (TPSA) is 587 Å². The maximum Gasteiger partial charge on any atom is 0.408 e. The van der Waals surface area contributed by atoms with E-state index in [2.05, 4.69) is 37.2 Å². The summed E-state index contributed by atoms with van der Waals surface area (Å²) in [7, 11) is 0. The van der Waals surface area contributed by atoms with Crippen molar-refractivity contribution in [2.24, 2.45) is 11.5 Å². The van der Waals surface area contributed by atoms with E-state index >= 15 is 0 Å². The van der Waals surface area contributed by atoms with Crippen molar-refractivity contribution in [2.45, 2.75) is 228 Å². The number of benzene rings is 2. The van der Waals surface area contributed by atoms with Crippen LogP contribution in [0.2, 0.25) is 0 Å². The monoisotopic (exact) mass is 1460 g/mol. The number of carboxylic acids is 6. The maximum atomic E-state index is 11.6. The molecule has 0 radical (unpaired) electrons. The fourth-order valence-corrected chi connectivity index (χ4v) is 7.01. The number of amides is 7. The molecule has 0 aliphatic carbocycles. The number of carboxylic acid groups (broad SMARTS) is 6. The van der Waals surface area contributed by atoms with Gasteiger partial charge in [-0.25, -0.2) is 52.7 Å². The molecular weight excluding hydrogens is 1350 g/mol. The van der Waals surface area contributed by atoms with Crippen molar-refractivity contribution in [3.8, 4) is 0 Å². The van der Waals surface area contributed by atoms with E-state index < -0.39 is 142 Å². The Labute approximate surface area is 592 Å². The van der Waals surface area contributed by atoms with Crippen LogP contribution in [-0.4, -0.2) is 203 Å². The lowest BCUT2D eigenvalue weighted by atomic mass is 10.1. The van der Waals surface area contributed by atoms with Crippen molar-refractivity contribution in [2.75, 3.05) is 36.2 Å². The fourth-order valence-electron chi connectivity index (χ4n) is 6.12. The van der Waals surface area contributed by atoms with Crippen LogP contribution in [-0.2, 0) is 74.8 Å². The van der Waals surface area contributed by atoms with Gasteiger partial charge in [0.1, 0.15) is 69.9 Å². The van der Waals surface area contributed by atoms with Gasteiger partial charge in [0, 0.05) is 43.4 Å². The van der Waals surface area contributed by atoms with Gasteiger partial charge in [0.25, 0.3) is 0 Å². The fraction of sp³-hybridized carbons (Fsp3) is 0.609. The smallest absolute Gasteiger partial charge is 0.408 e. The van der Waals surface area contributed by atoms with Gasteiger partial charge >= 0.3 is 72.4 Å². The van der Waals surface area contributed by atoms with E-state index in [1.807, 2.05) is 0 Å². The van der Waals surface area contributed by atoms with E-state index in [9.17, 15) is 62.3 Å². The summed E-state index contributed by atoms with van der Waals surface area (Å²) in [6, 6.07) is 7.43. The van der Waals surface area contributed by atoms with Crippen LogP contribution in [0, 0.1) is 0 Å². The second-order valence-corrected chi connectivity index (χ2v) is 28.4. The Morgan fingerprint density at radius 1 is 0.386 bits per heavy atom. The van der Waals surface area contributed by atoms with Gasteiger partial charge in [-0.1, -0.05) is 24.3 Å². The van der Waals surface area contributed by atoms with E-state index in [1.54, 1.807) is 173 Å². The van der Waals surface area contributed by atoms with Gasteiger partial charge in [-0.2, -0.15) is 0 Å². The molecule has 576 valence electrons. The van der Waals surface area contributed by atoms with Gasteiger partial charge in [-0.3, -0.25) is 9.59 Å². The first kappa shape index (κ1) is 97.6. The average molecular weight is 1460 g/mol. The molecule has 0 saturated heterocycles. The molecule has 7 amide bonds. The molecule has 0 fully saturated rings. The number of anilines is 2. The Hall–Kier alpha value is -9.78. The van der Waals surface area contributed by atoms with E-state index in [0.29, 0.717) is 11.4 Å². The minimum Gasteiger partial charge on any atom is -0.480 e. The van der Waals surface area contributed by atoms with Gasteiger partial charge in [0.2, 0.25) is 5.91 Å². The molecule has 2 aromatic carbocycles. The second kappa shape index (κ2) is 46.5. The van der Waals surface area contributed by atoms with Crippen molar-refractivity contribution < 1.29 is 121 Å². The highest BCUT2D eigenvalue weighted by Crippen LogP contribution is 2.15. The zero-order chi connectivity index (χ0) is 79.8. The van der Waals surface area contributed by atoms with Crippen LogP contribution in [0.4, 0.5) is 40.1 Å². The predicted octanol–water partition coefficient (Wildman–Crippen LogP) is 5.59. The SMILES string of the molecule is CC(=O)NCSC[C@H](NC(=O)OC(C)(C)C)C(=O)O.CC(C)(C)OC(=O)N[C@@H](CCN)C(=O)O.CC(C)(C)OC(=O)N[C@@H](CN)C(=O)O.CC(C)(C)OC(=O)N[C@@H](Cc1ccc(N)cc1)C(=O)O.CC(C)(C)OC(=O)N[C@H](Cc1ccc(N)cc1)C(=O)O.C[C@H](NC(=O)OC(C)(C)C)C(=O)O. The Bertz CT molecular complexity index is 2860. The van der Waals surface area contributed by atoms with Gasteiger partial charge in [0.05, 0.1) is 5.88 Å². The molecule has 0 bridgehead atoms. The number of thioether (sulfide) groups is 1. The number of carbonyl (C=O) groups is 13. The third-order valence-electron chi connectivity index (χ3n) is 10.3. The quantitative estimate of drug-likeness (QED) is 0.0279. The van der Waals surface area contributed by atoms with Crippen LogP contribution < -0.4 is 60.2 Å². The van der Waals surface area contributed by atoms with E-state index in [1.165, 1.54) is 25.6 Å². The molecule has 0 heterocycles. The number of hydrogen-bond donors (Lipinski definition) is 17. The largest absolute Gasteiger partial charge is 0.480 e. The number of alkyl carbamates (subject to hydrolysis) is 6. The first-order chi connectivity index (χ1) is 45.7. The van der Waals surface area contributed by atoms with Crippen LogP contribution in [0.25, 0.3) is 0 Å². The molecule has 21 N–H and O–H groups in total. The van der Waals surface area contributed by atoms with Gasteiger partial charge in [-0.05, 0) is 180 Å². The van der Waals surface area contributed by atoms with E-state index in [4.69, 9.17) is 82.0 Å². The normalized spacial score (nSPS) is 12.8. The molecule has 2 rings (SSSR count). The molecule has 0 unspecified atom stereocenters. The van der Waals surface area contributed by atoms with E-state index in [0.717, 1.165) is 11.1 Å². The molecule has 0 spiro atoms. The zero-order valence-corrected chi connectivity index (χ0v) is 62.0. The highest BCUT2D eigenvalue weighted by Gasteiger charge is 2.29. The first-order valence-electron chi connectivity index (χ1n) is 31.0. The molecule has 0 aliphatic rings. The number of ether oxygens (including phenoxy) is 6. The molecule has 0 aliphatic heterocycles. The minimum absolute atomic E-state index is 0.134. The molecule has 36 nitrogen and oxygen atoms in total. The molecule has 101 heavy (non-hydrogen) atoms. The summed E-state index contributed by atoms with van der Waals surface area (Å²) in [6.45, 7) is 33.4. The molecule has 0 saturated carbocycles. The Morgan fingerprint density at radius 3 is 0.861 bits per heavy atom. The van der Waals surface area contributed by atoms with Gasteiger partial charge in [0.15, 0.2) is 0 Å². The summed E-state index contributed by atoms with van der Waals surface area (Å²) in [5.74, 6) is -6.55. The maximum absolute atomic E-state index is 11.6. The minimum atomic E-state index is -1.18. The lowest BCUT2D eigenvalue weighted by Crippen LogP contribution is -2.47. The third-order valence-corrected chi connectivity index (χ3v) is 11.2. The number of aliphatic carboxylic acids is 6. The summed E-state index contributed by atoms with van der Waals surface area (Å²) < 4.78 is 29.7. The Balaban J connectivity index is -0.000000564.